The molecule has 0 fully saturated rings. The molecule has 1 rings (SSSR count). The Labute approximate surface area is 126 Å². The van der Waals surface area contributed by atoms with Gasteiger partial charge in [-0.15, -0.1) is 11.3 Å². The van der Waals surface area contributed by atoms with Crippen LogP contribution in [0.3, 0.4) is 0 Å². The van der Waals surface area contributed by atoms with E-state index in [0.29, 0.717) is 12.6 Å². The van der Waals surface area contributed by atoms with Gasteiger partial charge in [-0.3, -0.25) is 0 Å². The predicted octanol–water partition coefficient (Wildman–Crippen LogP) is 3.48. The molecule has 1 unspecified atom stereocenters. The number of thioether (sulfide) groups is 1. The molecule has 0 spiro atoms. The first-order valence-corrected chi connectivity index (χ1v) is 8.98. The van der Waals surface area contributed by atoms with Crippen molar-refractivity contribution in [1.82, 2.24) is 4.98 Å². The Hall–Kier alpha value is -0.260. The average molecular weight is 302 g/mol. The second-order valence-corrected chi connectivity index (χ2v) is 7.82. The van der Waals surface area contributed by atoms with Crippen LogP contribution in [0.25, 0.3) is 0 Å². The number of nitrogens with two attached hydrogens (primary N) is 1. The highest BCUT2D eigenvalue weighted by atomic mass is 32.2. The Bertz CT molecular complexity index is 396. The van der Waals surface area contributed by atoms with E-state index in [0.717, 1.165) is 23.0 Å². The summed E-state index contributed by atoms with van der Waals surface area (Å²) < 4.78 is 0. The molecule has 3 nitrogen and oxygen atoms in total. The van der Waals surface area contributed by atoms with Crippen LogP contribution in [0, 0.1) is 0 Å². The van der Waals surface area contributed by atoms with E-state index in [2.05, 4.69) is 45.9 Å². The minimum Gasteiger partial charge on any atom is -0.347 e. The monoisotopic (exact) mass is 301 g/mol. The molecule has 19 heavy (non-hydrogen) atoms. The first-order valence-electron chi connectivity index (χ1n) is 6.77. The van der Waals surface area contributed by atoms with E-state index >= 15 is 0 Å². The molecule has 0 radical (unpaired) electrons. The molecule has 1 atom stereocenters. The van der Waals surface area contributed by atoms with Gasteiger partial charge in [-0.1, -0.05) is 27.7 Å². The molecule has 1 aromatic heterocycles. The lowest BCUT2D eigenvalue weighted by atomic mass is 9.91. The highest BCUT2D eigenvalue weighted by molar-refractivity contribution is 7.98. The molecule has 0 aliphatic carbocycles. The van der Waals surface area contributed by atoms with E-state index in [-0.39, 0.29) is 5.41 Å². The number of hydrogen-bond acceptors (Lipinski definition) is 5. The van der Waals surface area contributed by atoms with Crippen LogP contribution >= 0.6 is 23.1 Å². The van der Waals surface area contributed by atoms with Crippen LogP contribution in [-0.2, 0) is 12.0 Å². The van der Waals surface area contributed by atoms with Crippen molar-refractivity contribution in [2.24, 2.45) is 5.73 Å². The van der Waals surface area contributed by atoms with E-state index in [4.69, 9.17) is 10.7 Å². The van der Waals surface area contributed by atoms with Gasteiger partial charge in [0.15, 0.2) is 5.13 Å². The maximum Gasteiger partial charge on any atom is 0.185 e. The Morgan fingerprint density at radius 1 is 1.42 bits per heavy atom. The number of rotatable bonds is 6. The van der Waals surface area contributed by atoms with Crippen molar-refractivity contribution in [2.45, 2.75) is 52.1 Å². The summed E-state index contributed by atoms with van der Waals surface area (Å²) in [6, 6.07) is 0.541. The summed E-state index contributed by atoms with van der Waals surface area (Å²) in [6.45, 7) is 9.41. The summed E-state index contributed by atoms with van der Waals surface area (Å²) in [7, 11) is 2.15. The zero-order valence-electron chi connectivity index (χ0n) is 13.0. The van der Waals surface area contributed by atoms with Gasteiger partial charge in [0.2, 0.25) is 0 Å². The molecule has 0 saturated heterocycles. The summed E-state index contributed by atoms with van der Waals surface area (Å²) in [5.74, 6) is 1.13. The van der Waals surface area contributed by atoms with Gasteiger partial charge < -0.3 is 10.6 Å². The molecule has 5 heteroatoms. The fourth-order valence-electron chi connectivity index (χ4n) is 2.07. The summed E-state index contributed by atoms with van der Waals surface area (Å²) in [6.07, 6.45) is 3.30. The van der Waals surface area contributed by atoms with E-state index < -0.39 is 0 Å². The molecular formula is C14H27N3S2. The van der Waals surface area contributed by atoms with E-state index in [1.165, 1.54) is 4.88 Å². The van der Waals surface area contributed by atoms with Crippen molar-refractivity contribution in [3.05, 3.63) is 10.6 Å². The van der Waals surface area contributed by atoms with Crippen LogP contribution in [-0.4, -0.2) is 30.1 Å². The van der Waals surface area contributed by atoms with Crippen molar-refractivity contribution in [3.63, 3.8) is 0 Å². The summed E-state index contributed by atoms with van der Waals surface area (Å²) in [4.78, 5) is 8.39. The maximum atomic E-state index is 5.88. The Morgan fingerprint density at radius 3 is 2.42 bits per heavy atom. The molecule has 1 aromatic rings. The Balaban J connectivity index is 3.04. The summed E-state index contributed by atoms with van der Waals surface area (Å²) >= 11 is 3.63. The third-order valence-electron chi connectivity index (χ3n) is 3.26. The smallest absolute Gasteiger partial charge is 0.185 e. The molecule has 1 heterocycles. The van der Waals surface area contributed by atoms with E-state index in [1.807, 2.05) is 11.8 Å². The molecule has 0 aliphatic rings. The molecule has 0 saturated carbocycles. The predicted molar refractivity (Wildman–Crippen MR) is 89.6 cm³/mol. The van der Waals surface area contributed by atoms with Crippen LogP contribution < -0.4 is 10.6 Å². The Kier molecular flexibility index (Phi) is 6.15. The lowest BCUT2D eigenvalue weighted by Gasteiger charge is -2.26. The van der Waals surface area contributed by atoms with Gasteiger partial charge in [-0.2, -0.15) is 11.8 Å². The third-order valence-corrected chi connectivity index (χ3v) is 5.15. The second-order valence-electron chi connectivity index (χ2n) is 5.85. The average Bonchev–Trinajstić information content (AvgIpc) is 2.79. The lowest BCUT2D eigenvalue weighted by molar-refractivity contribution is 0.564. The fourth-order valence-corrected chi connectivity index (χ4v) is 4.09. The van der Waals surface area contributed by atoms with Gasteiger partial charge in [0, 0.05) is 35.7 Å². The van der Waals surface area contributed by atoms with Gasteiger partial charge in [0.05, 0.1) is 5.69 Å². The van der Waals surface area contributed by atoms with Crippen molar-refractivity contribution in [2.75, 3.05) is 24.0 Å². The molecule has 0 aromatic carbocycles. The maximum absolute atomic E-state index is 5.88. The number of thiazole rings is 1. The minimum absolute atomic E-state index is 0.0610. The first-order chi connectivity index (χ1) is 8.85. The molecule has 110 valence electrons. The van der Waals surface area contributed by atoms with Crippen LogP contribution in [0.4, 0.5) is 5.13 Å². The van der Waals surface area contributed by atoms with Gasteiger partial charge in [-0.05, 0) is 12.7 Å². The van der Waals surface area contributed by atoms with Crippen LogP contribution in [0.1, 0.15) is 44.7 Å². The minimum atomic E-state index is 0.0610. The summed E-state index contributed by atoms with van der Waals surface area (Å²) in [5.41, 5.74) is 7.09. The number of nitrogens with zero attached hydrogens (tertiary/aromatic N) is 2. The highest BCUT2D eigenvalue weighted by Gasteiger charge is 2.25. The zero-order valence-corrected chi connectivity index (χ0v) is 14.6. The van der Waals surface area contributed by atoms with Crippen LogP contribution in [0.15, 0.2) is 0 Å². The van der Waals surface area contributed by atoms with Crippen molar-refractivity contribution < 1.29 is 0 Å². The van der Waals surface area contributed by atoms with Crippen molar-refractivity contribution >= 4 is 28.2 Å². The van der Waals surface area contributed by atoms with Crippen LogP contribution in [0.2, 0.25) is 0 Å². The lowest BCUT2D eigenvalue weighted by Crippen LogP contribution is -2.33. The largest absolute Gasteiger partial charge is 0.347 e. The number of aromatic nitrogens is 1. The second kappa shape index (κ2) is 6.95. The number of hydrogen-bond donors (Lipinski definition) is 1. The van der Waals surface area contributed by atoms with Gasteiger partial charge in [-0.25, -0.2) is 4.98 Å². The standard InChI is InChI=1S/C14H27N3S2/c1-7-10(9-18-6)17(5)13-16-12(14(2,3)4)11(8-15)19-13/h10H,7-9,15H2,1-6H3. The number of anilines is 1. The normalized spacial score (nSPS) is 13.6. The third kappa shape index (κ3) is 4.10. The highest BCUT2D eigenvalue weighted by Crippen LogP contribution is 2.34. The van der Waals surface area contributed by atoms with Gasteiger partial charge in [0.25, 0.3) is 0 Å². The van der Waals surface area contributed by atoms with Gasteiger partial charge in [0.1, 0.15) is 0 Å². The fraction of sp³-hybridized carbons (Fsp3) is 0.786. The molecule has 0 amide bonds. The molecular weight excluding hydrogens is 274 g/mol. The molecule has 2 N–H and O–H groups in total. The zero-order chi connectivity index (χ0) is 14.6. The topological polar surface area (TPSA) is 42.2 Å². The van der Waals surface area contributed by atoms with Gasteiger partial charge >= 0.3 is 0 Å². The molecule has 0 aliphatic heterocycles. The SMILES string of the molecule is CCC(CSC)N(C)c1nc(C(C)(C)C)c(CN)s1. The van der Waals surface area contributed by atoms with Crippen LogP contribution in [0.5, 0.6) is 0 Å². The van der Waals surface area contributed by atoms with E-state index in [1.54, 1.807) is 11.3 Å². The first kappa shape index (κ1) is 16.8. The quantitative estimate of drug-likeness (QED) is 0.873. The van der Waals surface area contributed by atoms with Crippen molar-refractivity contribution in [3.8, 4) is 0 Å². The van der Waals surface area contributed by atoms with Crippen molar-refractivity contribution in [1.29, 1.82) is 0 Å². The Morgan fingerprint density at radius 2 is 2.05 bits per heavy atom. The summed E-state index contributed by atoms with van der Waals surface area (Å²) in [5, 5.41) is 1.10. The van der Waals surface area contributed by atoms with E-state index in [9.17, 15) is 0 Å². The molecule has 0 bridgehead atoms.